The Balaban J connectivity index is 1.17. The predicted octanol–water partition coefficient (Wildman–Crippen LogP) is 7.07. The first-order valence-electron chi connectivity index (χ1n) is 16.8. The van der Waals surface area contributed by atoms with Crippen LogP contribution in [0.4, 0.5) is 5.69 Å². The van der Waals surface area contributed by atoms with E-state index >= 15 is 0 Å². The second kappa shape index (κ2) is 15.4. The van der Waals surface area contributed by atoms with Gasteiger partial charge in [-0.05, 0) is 92.4 Å². The molecule has 5 rings (SSSR count). The molecule has 1 aliphatic heterocycles. The Bertz CT molecular complexity index is 1550. The molecule has 3 aliphatic rings. The highest BCUT2D eigenvalue weighted by Gasteiger charge is 2.36. The van der Waals surface area contributed by atoms with Gasteiger partial charge in [-0.15, -0.1) is 0 Å². The molecule has 1 saturated heterocycles. The Morgan fingerprint density at radius 1 is 0.957 bits per heavy atom. The zero-order valence-electron chi connectivity index (χ0n) is 27.8. The molecule has 2 aromatic rings. The maximum atomic E-state index is 13.2. The van der Waals surface area contributed by atoms with Crippen LogP contribution in [0.25, 0.3) is 5.57 Å². The van der Waals surface area contributed by atoms with Crippen LogP contribution in [0.2, 0.25) is 0 Å². The van der Waals surface area contributed by atoms with Crippen molar-refractivity contribution in [2.24, 2.45) is 0 Å². The molecule has 0 amide bonds. The lowest BCUT2D eigenvalue weighted by atomic mass is 9.80. The molecule has 0 saturated carbocycles. The molecule has 0 spiro atoms. The van der Waals surface area contributed by atoms with Gasteiger partial charge in [0.2, 0.25) is 5.78 Å². The highest BCUT2D eigenvalue weighted by molar-refractivity contribution is 6.39. The number of Topliss-reactive ketones (excluding diaryl/α,β-unsaturated/α-hetero) is 1. The van der Waals surface area contributed by atoms with E-state index in [2.05, 4.69) is 42.8 Å². The Labute approximate surface area is 273 Å². The summed E-state index contributed by atoms with van der Waals surface area (Å²) in [5.74, 6) is -0.425. The number of ether oxygens (including phenoxy) is 1. The van der Waals surface area contributed by atoms with Crippen molar-refractivity contribution in [3.63, 3.8) is 0 Å². The molecule has 7 heteroatoms. The third kappa shape index (κ3) is 7.42. The standard InChI is InChI=1S/C39H47N3O4/c1-5-7-24-42(25-8-6-2)33-21-17-30(18-22-33)36-37(43)35(38(36)44)29-15-19-32(20-16-29)40(3)26-27-46-39(45)31-13-11-28(12-14-31)34-10-9-23-41(34)4/h11-22,34H,5-10,23-27H2,1-4H3/p+1. The van der Waals surface area contributed by atoms with E-state index in [9.17, 15) is 14.7 Å². The van der Waals surface area contributed by atoms with E-state index in [-0.39, 0.29) is 24.1 Å². The molecule has 7 nitrogen and oxygen atoms in total. The van der Waals surface area contributed by atoms with E-state index in [0.29, 0.717) is 34.9 Å². The van der Waals surface area contributed by atoms with Crippen LogP contribution in [0.1, 0.15) is 79.9 Å². The van der Waals surface area contributed by atoms with Gasteiger partial charge in [-0.2, -0.15) is 0 Å². The lowest BCUT2D eigenvalue weighted by molar-refractivity contribution is -0.497. The summed E-state index contributed by atoms with van der Waals surface area (Å²) in [5.41, 5.74) is 6.02. The summed E-state index contributed by atoms with van der Waals surface area (Å²) in [7, 11) is 4.07. The number of aliphatic hydroxyl groups is 1. The average molecular weight is 623 g/mol. The number of carbonyl (C=O) groups excluding carboxylic acids is 2. The molecule has 0 aromatic heterocycles. The number of allylic oxidation sites excluding steroid dienone is 7. The van der Waals surface area contributed by atoms with Crippen molar-refractivity contribution in [1.82, 2.24) is 4.90 Å². The van der Waals surface area contributed by atoms with Gasteiger partial charge in [0.25, 0.3) is 0 Å². The number of hydrogen-bond donors (Lipinski definition) is 1. The van der Waals surface area contributed by atoms with Crippen LogP contribution in [0, 0.1) is 0 Å². The Morgan fingerprint density at radius 2 is 1.61 bits per heavy atom. The van der Waals surface area contributed by atoms with Crippen LogP contribution in [-0.2, 0) is 9.53 Å². The number of rotatable bonds is 13. The second-order valence-corrected chi connectivity index (χ2v) is 12.5. The molecular weight excluding hydrogens is 574 g/mol. The van der Waals surface area contributed by atoms with Crippen molar-refractivity contribution >= 4 is 28.7 Å². The van der Waals surface area contributed by atoms with Crippen molar-refractivity contribution in [2.75, 3.05) is 51.8 Å². The number of likely N-dealkylation sites (tertiary alicyclic amines) is 1. The zero-order valence-corrected chi connectivity index (χ0v) is 27.8. The first-order chi connectivity index (χ1) is 22.3. The van der Waals surface area contributed by atoms with Crippen molar-refractivity contribution in [3.05, 3.63) is 106 Å². The number of carbonyl (C=O) groups is 2. The summed E-state index contributed by atoms with van der Waals surface area (Å²) < 4.78 is 7.55. The first kappa shape index (κ1) is 33.1. The molecule has 2 aromatic carbocycles. The number of anilines is 1. The zero-order chi connectivity index (χ0) is 32.6. The smallest absolute Gasteiger partial charge is 0.338 e. The Morgan fingerprint density at radius 3 is 2.17 bits per heavy atom. The lowest BCUT2D eigenvalue weighted by Gasteiger charge is -2.26. The van der Waals surface area contributed by atoms with Gasteiger partial charge in [0.15, 0.2) is 12.3 Å². The highest BCUT2D eigenvalue weighted by atomic mass is 16.5. The molecule has 1 atom stereocenters. The molecular formula is C39H48N3O4+. The lowest BCUT2D eigenvalue weighted by Crippen LogP contribution is -2.26. The number of hydrogen-bond acceptors (Lipinski definition) is 6. The van der Waals surface area contributed by atoms with Gasteiger partial charge in [0.05, 0.1) is 16.7 Å². The minimum absolute atomic E-state index is 0.0443. The summed E-state index contributed by atoms with van der Waals surface area (Å²) in [5, 5.41) is 10.9. The molecule has 0 radical (unpaired) electrons. The average Bonchev–Trinajstić information content (AvgIpc) is 3.51. The first-order valence-corrected chi connectivity index (χ1v) is 16.8. The Kier molecular flexibility index (Phi) is 11.1. The largest absolute Gasteiger partial charge is 0.506 e. The Hall–Kier alpha value is -4.23. The summed E-state index contributed by atoms with van der Waals surface area (Å²) >= 11 is 0. The van der Waals surface area contributed by atoms with Crippen molar-refractivity contribution in [3.8, 4) is 0 Å². The fraction of sp³-hybridized carbons (Fsp3) is 0.410. The summed E-state index contributed by atoms with van der Waals surface area (Å²) in [4.78, 5) is 30.6. The fourth-order valence-corrected chi connectivity index (χ4v) is 6.39. The third-order valence-corrected chi connectivity index (χ3v) is 9.32. The van der Waals surface area contributed by atoms with Crippen molar-refractivity contribution in [2.45, 2.75) is 58.4 Å². The predicted molar refractivity (Wildman–Crippen MR) is 186 cm³/mol. The summed E-state index contributed by atoms with van der Waals surface area (Å²) in [6, 6.07) is 16.2. The topological polar surface area (TPSA) is 73.1 Å². The number of ketones is 1. The number of unbranched alkanes of at least 4 members (excludes halogenated alkanes) is 2. The van der Waals surface area contributed by atoms with Crippen LogP contribution in [0.3, 0.4) is 0 Å². The second-order valence-electron chi connectivity index (χ2n) is 12.5. The fourth-order valence-electron chi connectivity index (χ4n) is 6.39. The van der Waals surface area contributed by atoms with Crippen LogP contribution >= 0.6 is 0 Å². The number of esters is 1. The van der Waals surface area contributed by atoms with E-state index in [1.165, 1.54) is 12.0 Å². The molecule has 1 N–H and O–H groups in total. The van der Waals surface area contributed by atoms with Crippen molar-refractivity contribution in [1.29, 1.82) is 0 Å². The summed E-state index contributed by atoms with van der Waals surface area (Å²) in [6.07, 6.45) is 14.5. The van der Waals surface area contributed by atoms with Crippen molar-refractivity contribution < 1.29 is 24.0 Å². The van der Waals surface area contributed by atoms with Crippen LogP contribution in [0.5, 0.6) is 0 Å². The number of likely N-dealkylation sites (N-methyl/N-ethyl adjacent to an activating group) is 1. The minimum atomic E-state index is -0.326. The number of nitrogens with zero attached hydrogens (tertiary/aromatic N) is 3. The number of benzene rings is 2. The monoisotopic (exact) mass is 622 g/mol. The highest BCUT2D eigenvalue weighted by Crippen LogP contribution is 2.39. The SMILES string of the molecule is CCCCN(CCCC)c1ccc(C2=C(O)C(=C3C=CC(=[N+](C)CCOC(=O)c4ccc(C5CCCN5C)cc4)C=C3)C2=O)cc1. The molecule has 242 valence electrons. The maximum absolute atomic E-state index is 13.2. The van der Waals surface area contributed by atoms with Gasteiger partial charge in [-0.3, -0.25) is 9.69 Å². The van der Waals surface area contributed by atoms with Gasteiger partial charge < -0.3 is 14.7 Å². The number of aliphatic hydroxyl groups excluding tert-OH is 1. The van der Waals surface area contributed by atoms with Gasteiger partial charge in [-0.1, -0.05) is 51.0 Å². The van der Waals surface area contributed by atoms with Crippen LogP contribution < -0.4 is 4.90 Å². The van der Waals surface area contributed by atoms with E-state index in [1.807, 2.05) is 72.3 Å². The third-order valence-electron chi connectivity index (χ3n) is 9.32. The van der Waals surface area contributed by atoms with Gasteiger partial charge in [-0.25, -0.2) is 9.37 Å². The molecule has 1 heterocycles. The maximum Gasteiger partial charge on any atom is 0.338 e. The molecule has 1 unspecified atom stereocenters. The van der Waals surface area contributed by atoms with E-state index in [0.717, 1.165) is 68.7 Å². The quantitative estimate of drug-likeness (QED) is 0.146. The van der Waals surface area contributed by atoms with Crippen LogP contribution in [-0.4, -0.2) is 78.9 Å². The normalized spacial score (nSPS) is 18.0. The molecule has 0 bridgehead atoms. The summed E-state index contributed by atoms with van der Waals surface area (Å²) in [6.45, 7) is 8.32. The van der Waals surface area contributed by atoms with Gasteiger partial charge >= 0.3 is 5.97 Å². The molecule has 1 fully saturated rings. The molecule has 2 aliphatic carbocycles. The minimum Gasteiger partial charge on any atom is -0.506 e. The molecule has 46 heavy (non-hydrogen) atoms. The van der Waals surface area contributed by atoms with Gasteiger partial charge in [0, 0.05) is 37.0 Å². The van der Waals surface area contributed by atoms with Gasteiger partial charge in [0.1, 0.15) is 19.4 Å². The van der Waals surface area contributed by atoms with E-state index in [1.54, 1.807) is 0 Å². The van der Waals surface area contributed by atoms with E-state index < -0.39 is 0 Å². The van der Waals surface area contributed by atoms with E-state index in [4.69, 9.17) is 4.74 Å². The van der Waals surface area contributed by atoms with Crippen LogP contribution in [0.15, 0.2) is 89.7 Å².